The molecule has 1 aromatic rings. The number of aromatic nitrogens is 3. The first kappa shape index (κ1) is 8.81. The maximum absolute atomic E-state index is 5.17. The summed E-state index contributed by atoms with van der Waals surface area (Å²) >= 11 is 0. The molecule has 0 aliphatic carbocycles. The van der Waals surface area contributed by atoms with E-state index in [1.54, 1.807) is 6.20 Å². The lowest BCUT2D eigenvalue weighted by atomic mass is 10.5. The molecule has 0 spiro atoms. The Balaban J connectivity index is 0.000000371. The van der Waals surface area contributed by atoms with E-state index in [-0.39, 0.29) is 5.95 Å². The van der Waals surface area contributed by atoms with Crippen molar-refractivity contribution < 1.29 is 0 Å². The van der Waals surface area contributed by atoms with Crippen molar-refractivity contribution in [2.75, 3.05) is 5.73 Å². The zero-order valence-electron chi connectivity index (χ0n) is 6.50. The van der Waals surface area contributed by atoms with Crippen LogP contribution in [0.2, 0.25) is 0 Å². The van der Waals surface area contributed by atoms with Gasteiger partial charge in [0.1, 0.15) is 0 Å². The second-order valence-electron chi connectivity index (χ2n) is 1.46. The van der Waals surface area contributed by atoms with Crippen LogP contribution in [-0.4, -0.2) is 15.2 Å². The minimum absolute atomic E-state index is 0.227. The first-order valence-corrected chi connectivity index (χ1v) is 3.21. The van der Waals surface area contributed by atoms with Crippen molar-refractivity contribution in [3.05, 3.63) is 11.9 Å². The summed E-state index contributed by atoms with van der Waals surface area (Å²) in [5.74, 6) is 0.227. The Labute approximate surface area is 60.5 Å². The molecule has 0 bridgehead atoms. The average molecular weight is 140 g/mol. The van der Waals surface area contributed by atoms with E-state index in [0.717, 1.165) is 5.69 Å². The summed E-state index contributed by atoms with van der Waals surface area (Å²) in [5, 5.41) is 7.00. The molecule has 4 nitrogen and oxygen atoms in total. The van der Waals surface area contributed by atoms with E-state index in [9.17, 15) is 0 Å². The molecule has 0 unspecified atom stereocenters. The van der Waals surface area contributed by atoms with Crippen molar-refractivity contribution in [2.45, 2.75) is 20.8 Å². The van der Waals surface area contributed by atoms with Gasteiger partial charge in [0.25, 0.3) is 0 Å². The topological polar surface area (TPSA) is 64.7 Å². The molecular formula is C6H12N4. The van der Waals surface area contributed by atoms with Crippen molar-refractivity contribution in [3.63, 3.8) is 0 Å². The predicted molar refractivity (Wildman–Crippen MR) is 40.3 cm³/mol. The van der Waals surface area contributed by atoms with E-state index in [2.05, 4.69) is 15.2 Å². The van der Waals surface area contributed by atoms with E-state index in [4.69, 9.17) is 5.73 Å². The van der Waals surface area contributed by atoms with Gasteiger partial charge in [-0.25, -0.2) is 4.98 Å². The molecule has 0 aliphatic rings. The number of hydrogen-bond acceptors (Lipinski definition) is 4. The Morgan fingerprint density at radius 2 is 2.00 bits per heavy atom. The van der Waals surface area contributed by atoms with Gasteiger partial charge in [-0.3, -0.25) is 0 Å². The third-order valence-corrected chi connectivity index (χ3v) is 0.696. The fraction of sp³-hybridized carbons (Fsp3) is 0.500. The molecule has 0 aliphatic heterocycles. The van der Waals surface area contributed by atoms with Crippen LogP contribution in [0.5, 0.6) is 0 Å². The third-order valence-electron chi connectivity index (χ3n) is 0.696. The smallest absolute Gasteiger partial charge is 0.240 e. The van der Waals surface area contributed by atoms with E-state index in [1.165, 1.54) is 0 Å². The summed E-state index contributed by atoms with van der Waals surface area (Å²) in [7, 11) is 0. The van der Waals surface area contributed by atoms with E-state index >= 15 is 0 Å². The van der Waals surface area contributed by atoms with Crippen molar-refractivity contribution in [1.29, 1.82) is 0 Å². The molecule has 4 heteroatoms. The SMILES string of the molecule is CC.Cc1cnnc(N)n1. The summed E-state index contributed by atoms with van der Waals surface area (Å²) in [6.45, 7) is 5.81. The molecule has 10 heavy (non-hydrogen) atoms. The number of rotatable bonds is 0. The zero-order chi connectivity index (χ0) is 7.98. The monoisotopic (exact) mass is 140 g/mol. The van der Waals surface area contributed by atoms with E-state index in [0.29, 0.717) is 0 Å². The van der Waals surface area contributed by atoms with Gasteiger partial charge in [0.2, 0.25) is 5.95 Å². The fourth-order valence-corrected chi connectivity index (χ4v) is 0.403. The molecule has 0 saturated carbocycles. The summed E-state index contributed by atoms with van der Waals surface area (Å²) in [6.07, 6.45) is 1.55. The molecule has 0 atom stereocenters. The third kappa shape index (κ3) is 2.96. The summed E-state index contributed by atoms with van der Waals surface area (Å²) < 4.78 is 0. The highest BCUT2D eigenvalue weighted by Crippen LogP contribution is 1.87. The average Bonchev–Trinajstić information content (AvgIpc) is 1.91. The molecule has 2 N–H and O–H groups in total. The van der Waals surface area contributed by atoms with Crippen LogP contribution in [0.4, 0.5) is 5.95 Å². The van der Waals surface area contributed by atoms with Gasteiger partial charge in [0.05, 0.1) is 11.9 Å². The van der Waals surface area contributed by atoms with Gasteiger partial charge >= 0.3 is 0 Å². The van der Waals surface area contributed by atoms with Crippen LogP contribution in [0.15, 0.2) is 6.20 Å². The number of nitrogen functional groups attached to an aromatic ring is 1. The highest BCUT2D eigenvalue weighted by molar-refractivity contribution is 5.12. The number of nitrogens with zero attached hydrogens (tertiary/aromatic N) is 3. The molecular weight excluding hydrogens is 128 g/mol. The van der Waals surface area contributed by atoms with Gasteiger partial charge in [-0.05, 0) is 6.92 Å². The standard InChI is InChI=1S/C4H6N4.C2H6/c1-3-2-6-8-4(5)7-3;1-2/h2H,1H3,(H2,5,7,8);1-2H3. The summed E-state index contributed by atoms with van der Waals surface area (Å²) in [4.78, 5) is 3.78. The van der Waals surface area contributed by atoms with Gasteiger partial charge in [0, 0.05) is 0 Å². The van der Waals surface area contributed by atoms with Gasteiger partial charge < -0.3 is 5.73 Å². The van der Waals surface area contributed by atoms with Crippen LogP contribution in [0.1, 0.15) is 19.5 Å². The van der Waals surface area contributed by atoms with Crippen LogP contribution in [0.25, 0.3) is 0 Å². The Hall–Kier alpha value is -1.19. The fourth-order valence-electron chi connectivity index (χ4n) is 0.403. The normalized spacial score (nSPS) is 7.90. The quantitative estimate of drug-likeness (QED) is 0.578. The van der Waals surface area contributed by atoms with Crippen molar-refractivity contribution in [1.82, 2.24) is 15.2 Å². The van der Waals surface area contributed by atoms with Crippen LogP contribution in [-0.2, 0) is 0 Å². The first-order valence-electron chi connectivity index (χ1n) is 3.21. The second-order valence-corrected chi connectivity index (χ2v) is 1.46. The van der Waals surface area contributed by atoms with Crippen molar-refractivity contribution >= 4 is 5.95 Å². The zero-order valence-corrected chi connectivity index (χ0v) is 6.50. The Morgan fingerprint density at radius 3 is 2.30 bits per heavy atom. The molecule has 1 heterocycles. The van der Waals surface area contributed by atoms with Gasteiger partial charge in [-0.1, -0.05) is 13.8 Å². The molecule has 0 fully saturated rings. The van der Waals surface area contributed by atoms with E-state index < -0.39 is 0 Å². The Bertz CT molecular complexity index is 170. The molecule has 0 saturated heterocycles. The van der Waals surface area contributed by atoms with Crippen LogP contribution in [0, 0.1) is 6.92 Å². The Kier molecular flexibility index (Phi) is 4.11. The summed E-state index contributed by atoms with van der Waals surface area (Å²) in [6, 6.07) is 0. The van der Waals surface area contributed by atoms with Gasteiger partial charge in [0.15, 0.2) is 0 Å². The molecule has 0 amide bonds. The Morgan fingerprint density at radius 1 is 1.40 bits per heavy atom. The number of anilines is 1. The number of nitrogens with two attached hydrogens (primary N) is 1. The number of aryl methyl sites for hydroxylation is 1. The van der Waals surface area contributed by atoms with Crippen LogP contribution in [0.3, 0.4) is 0 Å². The first-order chi connectivity index (χ1) is 4.79. The largest absolute Gasteiger partial charge is 0.366 e. The lowest BCUT2D eigenvalue weighted by Crippen LogP contribution is -1.97. The molecule has 0 aromatic carbocycles. The molecule has 1 aromatic heterocycles. The lowest BCUT2D eigenvalue weighted by Gasteiger charge is -1.87. The summed E-state index contributed by atoms with van der Waals surface area (Å²) in [5.41, 5.74) is 5.96. The maximum atomic E-state index is 5.17. The maximum Gasteiger partial charge on any atom is 0.240 e. The number of hydrogen-bond donors (Lipinski definition) is 1. The minimum Gasteiger partial charge on any atom is -0.366 e. The highest BCUT2D eigenvalue weighted by Gasteiger charge is 1.85. The highest BCUT2D eigenvalue weighted by atomic mass is 15.2. The molecule has 0 radical (unpaired) electrons. The van der Waals surface area contributed by atoms with Crippen molar-refractivity contribution in [2.24, 2.45) is 0 Å². The van der Waals surface area contributed by atoms with Crippen molar-refractivity contribution in [3.8, 4) is 0 Å². The van der Waals surface area contributed by atoms with Crippen LogP contribution < -0.4 is 5.73 Å². The second kappa shape index (κ2) is 4.67. The molecule has 1 rings (SSSR count). The van der Waals surface area contributed by atoms with Crippen LogP contribution >= 0.6 is 0 Å². The molecule has 56 valence electrons. The minimum atomic E-state index is 0.227. The van der Waals surface area contributed by atoms with Gasteiger partial charge in [-0.15, -0.1) is 5.10 Å². The van der Waals surface area contributed by atoms with Gasteiger partial charge in [-0.2, -0.15) is 5.10 Å². The van der Waals surface area contributed by atoms with E-state index in [1.807, 2.05) is 20.8 Å². The predicted octanol–water partition coefficient (Wildman–Crippen LogP) is 0.788. The lowest BCUT2D eigenvalue weighted by molar-refractivity contribution is 0.956.